The molecule has 0 spiro atoms. The van der Waals surface area contributed by atoms with Crippen molar-refractivity contribution in [1.29, 1.82) is 0 Å². The van der Waals surface area contributed by atoms with Gasteiger partial charge < -0.3 is 4.52 Å². The van der Waals surface area contributed by atoms with E-state index in [2.05, 4.69) is 12.1 Å². The summed E-state index contributed by atoms with van der Waals surface area (Å²) in [7, 11) is 0. The van der Waals surface area contributed by atoms with E-state index in [0.717, 1.165) is 18.6 Å². The second-order valence-corrected chi connectivity index (χ2v) is 4.60. The van der Waals surface area contributed by atoms with Crippen LogP contribution < -0.4 is 5.43 Å². The van der Waals surface area contributed by atoms with Gasteiger partial charge in [-0.25, -0.2) is 0 Å². The average Bonchev–Trinajstić information content (AvgIpc) is 2.33. The number of nitrogens with zero attached hydrogens (tertiary/aromatic N) is 1. The molecule has 3 nitrogen and oxygen atoms in total. The molecule has 0 atom stereocenters. The molecule has 0 radical (unpaired) electrons. The number of para-hydroxylation sites is 1. The molecule has 0 unspecified atom stereocenters. The molecule has 0 bridgehead atoms. The Balaban J connectivity index is 2.33. The molecule has 1 aromatic heterocycles. The second kappa shape index (κ2) is 5.16. The van der Waals surface area contributed by atoms with Gasteiger partial charge in [0.1, 0.15) is 0 Å². The van der Waals surface area contributed by atoms with Crippen LogP contribution in [0.4, 0.5) is 0 Å². The Morgan fingerprint density at radius 2 is 2.19 bits per heavy atom. The fraction of sp³-hybridized carbons (Fsp3) is 0.333. The van der Waals surface area contributed by atoms with Crippen LogP contribution in [0.2, 0.25) is 0 Å². The van der Waals surface area contributed by atoms with Gasteiger partial charge in [-0.3, -0.25) is 4.79 Å². The molecule has 4 heteroatoms. The number of hydrogen-bond donors (Lipinski definition) is 0. The van der Waals surface area contributed by atoms with Crippen LogP contribution in [0.3, 0.4) is 0 Å². The summed E-state index contributed by atoms with van der Waals surface area (Å²) in [5.74, 6) is 0.909. The largest absolute Gasteiger partial charge is 0.355 e. The first kappa shape index (κ1) is 11.2. The first-order valence-corrected chi connectivity index (χ1v) is 6.33. The lowest BCUT2D eigenvalue weighted by Crippen LogP contribution is -2.06. The minimum absolute atomic E-state index is 0.0250. The topological polar surface area (TPSA) is 43.1 Å². The molecule has 0 aliphatic rings. The van der Waals surface area contributed by atoms with Gasteiger partial charge in [-0.1, -0.05) is 42.4 Å². The number of hydrogen-bond acceptors (Lipinski definition) is 4. The van der Waals surface area contributed by atoms with Crippen molar-refractivity contribution in [2.24, 2.45) is 0 Å². The van der Waals surface area contributed by atoms with Gasteiger partial charge in [0.15, 0.2) is 10.6 Å². The van der Waals surface area contributed by atoms with E-state index in [0.29, 0.717) is 16.0 Å². The van der Waals surface area contributed by atoms with Crippen LogP contribution in [0.25, 0.3) is 11.0 Å². The zero-order valence-electron chi connectivity index (χ0n) is 9.10. The summed E-state index contributed by atoms with van der Waals surface area (Å²) in [6.45, 7) is 2.12. The summed E-state index contributed by atoms with van der Waals surface area (Å²) in [5, 5.41) is 4.93. The summed E-state index contributed by atoms with van der Waals surface area (Å²) in [4.78, 5) is 12.0. The predicted molar refractivity (Wildman–Crippen MR) is 65.9 cm³/mol. The number of thioether (sulfide) groups is 1. The third kappa shape index (κ3) is 2.27. The van der Waals surface area contributed by atoms with Crippen LogP contribution in [0, 0.1) is 0 Å². The van der Waals surface area contributed by atoms with Crippen molar-refractivity contribution in [2.75, 3.05) is 5.75 Å². The number of aromatic nitrogens is 1. The van der Waals surface area contributed by atoms with Crippen molar-refractivity contribution in [1.82, 2.24) is 5.16 Å². The highest BCUT2D eigenvalue weighted by Gasteiger charge is 2.07. The lowest BCUT2D eigenvalue weighted by molar-refractivity contribution is 0.413. The summed E-state index contributed by atoms with van der Waals surface area (Å²) in [5.41, 5.74) is 0.523. The van der Waals surface area contributed by atoms with Crippen molar-refractivity contribution in [3.05, 3.63) is 34.5 Å². The van der Waals surface area contributed by atoms with E-state index in [4.69, 9.17) is 4.52 Å². The molecule has 0 aliphatic carbocycles. The molecular formula is C12H13NO2S. The van der Waals surface area contributed by atoms with E-state index in [1.54, 1.807) is 12.1 Å². The number of fused-ring (bicyclic) bond motifs is 1. The fourth-order valence-electron chi connectivity index (χ4n) is 1.39. The Kier molecular flexibility index (Phi) is 3.62. The van der Waals surface area contributed by atoms with E-state index >= 15 is 0 Å². The predicted octanol–water partition coefficient (Wildman–Crippen LogP) is 3.08. The highest BCUT2D eigenvalue weighted by atomic mass is 32.2. The molecule has 0 N–H and O–H groups in total. The molecule has 0 saturated carbocycles. The summed E-state index contributed by atoms with van der Waals surface area (Å²) >= 11 is 1.47. The summed E-state index contributed by atoms with van der Waals surface area (Å²) < 4.78 is 5.18. The molecule has 2 aromatic rings. The maximum absolute atomic E-state index is 12.0. The van der Waals surface area contributed by atoms with Gasteiger partial charge in [0, 0.05) is 0 Å². The van der Waals surface area contributed by atoms with Gasteiger partial charge in [-0.2, -0.15) is 0 Å². The third-order valence-corrected chi connectivity index (χ3v) is 3.32. The van der Waals surface area contributed by atoms with E-state index in [-0.39, 0.29) is 5.43 Å². The van der Waals surface area contributed by atoms with Crippen LogP contribution in [-0.2, 0) is 0 Å². The maximum Gasteiger partial charge on any atom is 0.225 e. The van der Waals surface area contributed by atoms with Gasteiger partial charge in [0.2, 0.25) is 5.43 Å². The lowest BCUT2D eigenvalue weighted by Gasteiger charge is -1.99. The van der Waals surface area contributed by atoms with Crippen LogP contribution in [0.5, 0.6) is 0 Å². The zero-order valence-corrected chi connectivity index (χ0v) is 9.92. The van der Waals surface area contributed by atoms with E-state index in [9.17, 15) is 4.79 Å². The van der Waals surface area contributed by atoms with E-state index in [1.807, 2.05) is 12.1 Å². The molecule has 1 heterocycles. The third-order valence-electron chi connectivity index (χ3n) is 2.29. The number of benzene rings is 1. The summed E-state index contributed by atoms with van der Waals surface area (Å²) in [6, 6.07) is 7.19. The second-order valence-electron chi connectivity index (χ2n) is 3.52. The highest BCUT2D eigenvalue weighted by Crippen LogP contribution is 2.16. The van der Waals surface area contributed by atoms with Gasteiger partial charge in [0.25, 0.3) is 0 Å². The Morgan fingerprint density at radius 1 is 1.38 bits per heavy atom. The van der Waals surface area contributed by atoms with Gasteiger partial charge in [0.05, 0.1) is 5.39 Å². The quantitative estimate of drug-likeness (QED) is 0.603. The molecule has 0 saturated heterocycles. The Labute approximate surface area is 97.8 Å². The number of unbranched alkanes of at least 4 members (excludes halogenated alkanes) is 1. The monoisotopic (exact) mass is 235 g/mol. The molecule has 0 amide bonds. The molecule has 2 rings (SSSR count). The van der Waals surface area contributed by atoms with Crippen LogP contribution in [-0.4, -0.2) is 10.9 Å². The van der Waals surface area contributed by atoms with Gasteiger partial charge in [-0.05, 0) is 24.3 Å². The lowest BCUT2D eigenvalue weighted by atomic mass is 10.2. The minimum atomic E-state index is -0.0250. The van der Waals surface area contributed by atoms with Crippen LogP contribution >= 0.6 is 11.8 Å². The molecule has 1 aromatic carbocycles. The first-order valence-electron chi connectivity index (χ1n) is 5.34. The minimum Gasteiger partial charge on any atom is -0.355 e. The Hall–Kier alpha value is -1.29. The molecule has 84 valence electrons. The number of rotatable bonds is 4. The van der Waals surface area contributed by atoms with Crippen LogP contribution in [0.15, 0.2) is 38.6 Å². The van der Waals surface area contributed by atoms with E-state index in [1.165, 1.54) is 11.8 Å². The highest BCUT2D eigenvalue weighted by molar-refractivity contribution is 7.99. The van der Waals surface area contributed by atoms with Crippen molar-refractivity contribution in [3.8, 4) is 0 Å². The van der Waals surface area contributed by atoms with Gasteiger partial charge in [-0.15, -0.1) is 0 Å². The van der Waals surface area contributed by atoms with Crippen molar-refractivity contribution >= 4 is 22.7 Å². The molecule has 0 aliphatic heterocycles. The smallest absolute Gasteiger partial charge is 0.225 e. The average molecular weight is 235 g/mol. The SMILES string of the molecule is CCCCSc1noc2ccccc2c1=O. The standard InChI is InChI=1S/C12H13NO2S/c1-2-3-8-16-12-11(14)9-6-4-5-7-10(9)15-13-12/h4-7H,2-3,8H2,1H3. The van der Waals surface area contributed by atoms with E-state index < -0.39 is 0 Å². The van der Waals surface area contributed by atoms with Crippen LogP contribution in [0.1, 0.15) is 19.8 Å². The van der Waals surface area contributed by atoms with Crippen molar-refractivity contribution in [3.63, 3.8) is 0 Å². The Bertz CT molecular complexity index is 536. The normalized spacial score (nSPS) is 10.8. The molecular weight excluding hydrogens is 222 g/mol. The maximum atomic E-state index is 12.0. The zero-order chi connectivity index (χ0) is 11.4. The van der Waals surface area contributed by atoms with Gasteiger partial charge >= 0.3 is 0 Å². The first-order chi connectivity index (χ1) is 7.83. The Morgan fingerprint density at radius 3 is 3.00 bits per heavy atom. The van der Waals surface area contributed by atoms with Crippen molar-refractivity contribution < 1.29 is 4.52 Å². The van der Waals surface area contributed by atoms with Crippen molar-refractivity contribution in [2.45, 2.75) is 24.8 Å². The molecule has 0 fully saturated rings. The summed E-state index contributed by atoms with van der Waals surface area (Å²) in [6.07, 6.45) is 2.20. The molecule has 16 heavy (non-hydrogen) atoms. The fourth-order valence-corrected chi connectivity index (χ4v) is 2.34.